The van der Waals surface area contributed by atoms with Crippen molar-refractivity contribution in [3.63, 3.8) is 0 Å². The van der Waals surface area contributed by atoms with Gasteiger partial charge in [-0.25, -0.2) is 0 Å². The minimum absolute atomic E-state index is 0.0203. The first kappa shape index (κ1) is 18.5. The van der Waals surface area contributed by atoms with Crippen LogP contribution in [0.3, 0.4) is 0 Å². The lowest BCUT2D eigenvalue weighted by Crippen LogP contribution is -2.40. The molecule has 1 fully saturated rings. The summed E-state index contributed by atoms with van der Waals surface area (Å²) in [7, 11) is 1.97. The predicted octanol–water partition coefficient (Wildman–Crippen LogP) is 2.24. The van der Waals surface area contributed by atoms with Gasteiger partial charge in [-0.05, 0) is 70.5 Å². The lowest BCUT2D eigenvalue weighted by molar-refractivity contribution is 0.0689. The number of carbonyl (C=O) groups excluding carboxylic acids is 2. The fourth-order valence-electron chi connectivity index (χ4n) is 3.26. The molecule has 0 radical (unpaired) electrons. The van der Waals surface area contributed by atoms with Crippen molar-refractivity contribution in [1.29, 1.82) is 0 Å². The van der Waals surface area contributed by atoms with Crippen molar-refractivity contribution in [2.75, 3.05) is 39.8 Å². The molecule has 2 amide bonds. The van der Waals surface area contributed by atoms with E-state index in [0.29, 0.717) is 30.1 Å². The van der Waals surface area contributed by atoms with E-state index in [1.807, 2.05) is 25.8 Å². The summed E-state index contributed by atoms with van der Waals surface area (Å²) in [5, 5.41) is 3.21. The molecule has 2 rings (SSSR count). The van der Waals surface area contributed by atoms with Crippen molar-refractivity contribution in [2.24, 2.45) is 5.92 Å². The summed E-state index contributed by atoms with van der Waals surface area (Å²) < 4.78 is 0. The maximum Gasteiger partial charge on any atom is 0.253 e. The van der Waals surface area contributed by atoms with Crippen molar-refractivity contribution in [3.8, 4) is 0 Å². The molecule has 1 aromatic carbocycles. The summed E-state index contributed by atoms with van der Waals surface area (Å²) in [5.74, 6) is 0.750. The monoisotopic (exact) mass is 331 g/mol. The van der Waals surface area contributed by atoms with E-state index in [1.54, 1.807) is 29.2 Å². The van der Waals surface area contributed by atoms with Gasteiger partial charge in [-0.1, -0.05) is 0 Å². The van der Waals surface area contributed by atoms with Gasteiger partial charge in [0.05, 0.1) is 0 Å². The van der Waals surface area contributed by atoms with Crippen molar-refractivity contribution < 1.29 is 9.59 Å². The highest BCUT2D eigenvalue weighted by atomic mass is 16.2. The van der Waals surface area contributed by atoms with Crippen LogP contribution in [0.2, 0.25) is 0 Å². The second-order valence-electron chi connectivity index (χ2n) is 6.35. The first-order valence-corrected chi connectivity index (χ1v) is 8.93. The van der Waals surface area contributed by atoms with Crippen LogP contribution >= 0.6 is 0 Å². The van der Waals surface area contributed by atoms with Crippen molar-refractivity contribution in [1.82, 2.24) is 15.1 Å². The number of likely N-dealkylation sites (tertiary alicyclic amines) is 1. The highest BCUT2D eigenvalue weighted by molar-refractivity contribution is 5.97. The quantitative estimate of drug-likeness (QED) is 0.870. The fourth-order valence-corrected chi connectivity index (χ4v) is 3.26. The molecule has 1 aliphatic heterocycles. The van der Waals surface area contributed by atoms with E-state index in [9.17, 15) is 9.59 Å². The Balaban J connectivity index is 1.98. The zero-order valence-corrected chi connectivity index (χ0v) is 15.0. The Morgan fingerprint density at radius 1 is 1.08 bits per heavy atom. The highest BCUT2D eigenvalue weighted by Crippen LogP contribution is 2.19. The molecule has 1 heterocycles. The Hall–Kier alpha value is -1.88. The van der Waals surface area contributed by atoms with Crippen LogP contribution in [0.1, 0.15) is 47.4 Å². The van der Waals surface area contributed by atoms with Gasteiger partial charge in [0.1, 0.15) is 0 Å². The second-order valence-corrected chi connectivity index (χ2v) is 6.35. The van der Waals surface area contributed by atoms with Crippen LogP contribution in [0.4, 0.5) is 0 Å². The highest BCUT2D eigenvalue weighted by Gasteiger charge is 2.23. The minimum atomic E-state index is 0.0203. The molecule has 1 N–H and O–H groups in total. The van der Waals surface area contributed by atoms with Crippen LogP contribution in [0.5, 0.6) is 0 Å². The Morgan fingerprint density at radius 2 is 1.62 bits per heavy atom. The molecular formula is C19H29N3O2. The Bertz CT molecular complexity index is 544. The van der Waals surface area contributed by atoms with Gasteiger partial charge in [0.15, 0.2) is 0 Å². The van der Waals surface area contributed by atoms with Crippen LogP contribution in [0, 0.1) is 5.92 Å². The van der Waals surface area contributed by atoms with Crippen LogP contribution < -0.4 is 5.32 Å². The van der Waals surface area contributed by atoms with E-state index in [0.717, 1.165) is 32.5 Å². The molecule has 132 valence electrons. The van der Waals surface area contributed by atoms with Crippen LogP contribution in [0.25, 0.3) is 0 Å². The Kier molecular flexibility index (Phi) is 6.79. The summed E-state index contributed by atoms with van der Waals surface area (Å²) in [6.07, 6.45) is 2.09. The van der Waals surface area contributed by atoms with Crippen molar-refractivity contribution in [3.05, 3.63) is 35.4 Å². The van der Waals surface area contributed by atoms with Gasteiger partial charge >= 0.3 is 0 Å². The Morgan fingerprint density at radius 3 is 2.12 bits per heavy atom. The summed E-state index contributed by atoms with van der Waals surface area (Å²) in [4.78, 5) is 28.6. The third-order valence-electron chi connectivity index (χ3n) is 4.82. The third-order valence-corrected chi connectivity index (χ3v) is 4.82. The molecule has 0 saturated carbocycles. The van der Waals surface area contributed by atoms with Crippen molar-refractivity contribution in [2.45, 2.75) is 26.7 Å². The standard InChI is InChI=1S/C19H29N3O2/c1-4-21(5-2)18(23)16-6-8-17(9-7-16)19(24)22-12-10-15(11-13-22)14-20-3/h6-9,15,20H,4-5,10-14H2,1-3H3. The number of rotatable bonds is 6. The molecule has 1 aromatic rings. The van der Waals surface area contributed by atoms with Crippen molar-refractivity contribution >= 4 is 11.8 Å². The van der Waals surface area contributed by atoms with Gasteiger partial charge in [-0.3, -0.25) is 9.59 Å². The first-order valence-electron chi connectivity index (χ1n) is 8.93. The van der Waals surface area contributed by atoms with E-state index >= 15 is 0 Å². The molecule has 0 aromatic heterocycles. The molecule has 1 saturated heterocycles. The molecule has 24 heavy (non-hydrogen) atoms. The number of amides is 2. The Labute approximate surface area is 145 Å². The van der Waals surface area contributed by atoms with E-state index < -0.39 is 0 Å². The lowest BCUT2D eigenvalue weighted by atomic mass is 9.96. The first-order chi connectivity index (χ1) is 11.6. The van der Waals surface area contributed by atoms with E-state index in [4.69, 9.17) is 0 Å². The zero-order valence-electron chi connectivity index (χ0n) is 15.0. The molecule has 0 spiro atoms. The molecule has 0 unspecified atom stereocenters. The number of carbonyl (C=O) groups is 2. The maximum atomic E-state index is 12.6. The van der Waals surface area contributed by atoms with Gasteiger partial charge in [-0.2, -0.15) is 0 Å². The molecule has 5 heteroatoms. The van der Waals surface area contributed by atoms with Gasteiger partial charge in [-0.15, -0.1) is 0 Å². The molecule has 0 bridgehead atoms. The average Bonchev–Trinajstić information content (AvgIpc) is 2.63. The van der Waals surface area contributed by atoms with Crippen LogP contribution in [0.15, 0.2) is 24.3 Å². The number of hydrogen-bond acceptors (Lipinski definition) is 3. The zero-order chi connectivity index (χ0) is 17.5. The summed E-state index contributed by atoms with van der Waals surface area (Å²) in [5.41, 5.74) is 1.31. The SMILES string of the molecule is CCN(CC)C(=O)c1ccc(C(=O)N2CCC(CNC)CC2)cc1. The number of benzene rings is 1. The van der Waals surface area contributed by atoms with Gasteiger partial charge in [0.25, 0.3) is 11.8 Å². The van der Waals surface area contributed by atoms with Gasteiger partial charge in [0.2, 0.25) is 0 Å². The second kappa shape index (κ2) is 8.83. The summed E-state index contributed by atoms with van der Waals surface area (Å²) in [6, 6.07) is 7.08. The molecular weight excluding hydrogens is 302 g/mol. The van der Waals surface area contributed by atoms with E-state index in [2.05, 4.69) is 5.32 Å². The fraction of sp³-hybridized carbons (Fsp3) is 0.579. The van der Waals surface area contributed by atoms with Crippen LogP contribution in [-0.4, -0.2) is 61.4 Å². The summed E-state index contributed by atoms with van der Waals surface area (Å²) >= 11 is 0. The minimum Gasteiger partial charge on any atom is -0.339 e. The number of nitrogens with one attached hydrogen (secondary N) is 1. The average molecular weight is 331 g/mol. The normalized spacial score (nSPS) is 15.4. The molecule has 0 atom stereocenters. The van der Waals surface area contributed by atoms with Gasteiger partial charge in [0, 0.05) is 37.3 Å². The molecule has 5 nitrogen and oxygen atoms in total. The van der Waals surface area contributed by atoms with E-state index in [-0.39, 0.29) is 11.8 Å². The topological polar surface area (TPSA) is 52.7 Å². The predicted molar refractivity (Wildman–Crippen MR) is 96.2 cm³/mol. The number of hydrogen-bond donors (Lipinski definition) is 1. The number of piperidine rings is 1. The van der Waals surface area contributed by atoms with Crippen LogP contribution in [-0.2, 0) is 0 Å². The molecule has 0 aliphatic carbocycles. The summed E-state index contributed by atoms with van der Waals surface area (Å²) in [6.45, 7) is 7.96. The molecule has 1 aliphatic rings. The third kappa shape index (κ3) is 4.35. The van der Waals surface area contributed by atoms with Gasteiger partial charge < -0.3 is 15.1 Å². The maximum absolute atomic E-state index is 12.6. The number of nitrogens with zero attached hydrogens (tertiary/aromatic N) is 2. The largest absolute Gasteiger partial charge is 0.339 e. The lowest BCUT2D eigenvalue weighted by Gasteiger charge is -2.32. The smallest absolute Gasteiger partial charge is 0.253 e. The van der Waals surface area contributed by atoms with E-state index in [1.165, 1.54) is 0 Å².